The van der Waals surface area contributed by atoms with Crippen molar-refractivity contribution in [2.75, 3.05) is 0 Å². The minimum Gasteiger partial charge on any atom is -0.336 e. The van der Waals surface area contributed by atoms with Gasteiger partial charge in [0.1, 0.15) is 17.5 Å². The number of hydrogen-bond donors (Lipinski definition) is 1. The van der Waals surface area contributed by atoms with E-state index in [-0.39, 0.29) is 11.3 Å². The smallest absolute Gasteiger partial charge is 0.255 e. The first kappa shape index (κ1) is 16.6. The maximum atomic E-state index is 13.7. The zero-order chi connectivity index (χ0) is 17.2. The number of hydrogen-bond acceptors (Lipinski definition) is 3. The van der Waals surface area contributed by atoms with Crippen LogP contribution in [0.2, 0.25) is 0 Å². The summed E-state index contributed by atoms with van der Waals surface area (Å²) in [4.78, 5) is 12.2. The molecule has 2 rings (SSSR count). The molecule has 7 heteroatoms. The Balaban J connectivity index is 2.22. The fraction of sp³-hybridized carbons (Fsp3) is 0.312. The summed E-state index contributed by atoms with van der Waals surface area (Å²) in [6.45, 7) is 5.50. The fourth-order valence-electron chi connectivity index (χ4n) is 1.90. The summed E-state index contributed by atoms with van der Waals surface area (Å²) in [6.07, 6.45) is 2.58. The third-order valence-electron chi connectivity index (χ3n) is 3.27. The Morgan fingerprint density at radius 3 is 2.65 bits per heavy atom. The van der Waals surface area contributed by atoms with E-state index in [0.29, 0.717) is 0 Å². The van der Waals surface area contributed by atoms with Crippen LogP contribution in [-0.4, -0.2) is 21.7 Å². The van der Waals surface area contributed by atoms with Gasteiger partial charge in [0.15, 0.2) is 5.82 Å². The number of nitrogens with one attached hydrogen (secondary N) is 1. The number of nitrogens with zero attached hydrogens (tertiary/aromatic N) is 3. The third kappa shape index (κ3) is 3.72. The van der Waals surface area contributed by atoms with E-state index in [4.69, 9.17) is 5.26 Å². The summed E-state index contributed by atoms with van der Waals surface area (Å²) in [5.41, 5.74) is -0.222. The topological polar surface area (TPSA) is 70.7 Å². The van der Waals surface area contributed by atoms with E-state index in [1.54, 1.807) is 0 Å². The lowest BCUT2D eigenvalue weighted by Gasteiger charge is -2.25. The third-order valence-corrected chi connectivity index (χ3v) is 3.27. The first-order valence-corrected chi connectivity index (χ1v) is 6.93. The first-order chi connectivity index (χ1) is 10.7. The molecule has 0 saturated carbocycles. The van der Waals surface area contributed by atoms with Crippen molar-refractivity contribution in [2.24, 2.45) is 5.41 Å². The normalized spacial score (nSPS) is 12.5. The molecule has 23 heavy (non-hydrogen) atoms. The minimum atomic E-state index is -0.787. The second kappa shape index (κ2) is 6.16. The van der Waals surface area contributed by atoms with E-state index in [9.17, 15) is 13.6 Å². The van der Waals surface area contributed by atoms with Crippen LogP contribution in [0.25, 0.3) is 5.69 Å². The van der Waals surface area contributed by atoms with Crippen LogP contribution in [0.1, 0.15) is 31.1 Å². The molecule has 1 unspecified atom stereocenters. The lowest BCUT2D eigenvalue weighted by molar-refractivity contribution is 0.0922. The Morgan fingerprint density at radius 1 is 1.39 bits per heavy atom. The van der Waals surface area contributed by atoms with Crippen molar-refractivity contribution in [1.29, 1.82) is 5.26 Å². The molecule has 1 aromatic heterocycles. The van der Waals surface area contributed by atoms with Crippen molar-refractivity contribution in [2.45, 2.75) is 26.8 Å². The first-order valence-electron chi connectivity index (χ1n) is 6.93. The maximum Gasteiger partial charge on any atom is 0.255 e. The molecule has 0 fully saturated rings. The van der Waals surface area contributed by atoms with E-state index in [2.05, 4.69) is 10.4 Å². The van der Waals surface area contributed by atoms with Gasteiger partial charge in [-0.1, -0.05) is 20.8 Å². The molecule has 1 N–H and O–H groups in total. The van der Waals surface area contributed by atoms with Gasteiger partial charge in [-0.15, -0.1) is 0 Å². The molecule has 0 spiro atoms. The molecule has 120 valence electrons. The van der Waals surface area contributed by atoms with Gasteiger partial charge in [0.05, 0.1) is 17.8 Å². The van der Waals surface area contributed by atoms with Crippen LogP contribution < -0.4 is 5.32 Å². The summed E-state index contributed by atoms with van der Waals surface area (Å²) in [5, 5.41) is 15.6. The molecular formula is C16H16F2N4O. The second-order valence-electron chi connectivity index (χ2n) is 6.17. The summed E-state index contributed by atoms with van der Waals surface area (Å²) in [6, 6.07) is 4.43. The molecule has 0 aliphatic carbocycles. The Hall–Kier alpha value is -2.75. The number of halogens is 2. The molecular weight excluding hydrogens is 302 g/mol. The average Bonchev–Trinajstić information content (AvgIpc) is 2.92. The van der Waals surface area contributed by atoms with Crippen molar-refractivity contribution in [3.63, 3.8) is 0 Å². The minimum absolute atomic E-state index is 0.0260. The van der Waals surface area contributed by atoms with Crippen molar-refractivity contribution >= 4 is 5.91 Å². The zero-order valence-electron chi connectivity index (χ0n) is 13.0. The monoisotopic (exact) mass is 318 g/mol. The Bertz CT molecular complexity index is 771. The van der Waals surface area contributed by atoms with Crippen LogP contribution >= 0.6 is 0 Å². The number of carbonyl (C=O) groups is 1. The maximum absolute atomic E-state index is 13.7. The highest BCUT2D eigenvalue weighted by Gasteiger charge is 2.26. The van der Waals surface area contributed by atoms with Crippen molar-refractivity contribution in [1.82, 2.24) is 15.1 Å². The van der Waals surface area contributed by atoms with Crippen molar-refractivity contribution in [3.05, 3.63) is 47.8 Å². The fourth-order valence-corrected chi connectivity index (χ4v) is 1.90. The molecule has 0 saturated heterocycles. The van der Waals surface area contributed by atoms with Crippen LogP contribution in [-0.2, 0) is 0 Å². The number of amides is 1. The molecule has 5 nitrogen and oxygen atoms in total. The van der Waals surface area contributed by atoms with Crippen LogP contribution in [0.5, 0.6) is 0 Å². The van der Waals surface area contributed by atoms with E-state index in [1.807, 2.05) is 26.8 Å². The summed E-state index contributed by atoms with van der Waals surface area (Å²) in [7, 11) is 0. The summed E-state index contributed by atoms with van der Waals surface area (Å²) in [5.74, 6) is -1.97. The summed E-state index contributed by atoms with van der Waals surface area (Å²) < 4.78 is 27.8. The number of carbonyl (C=O) groups excluding carboxylic acids is 1. The zero-order valence-corrected chi connectivity index (χ0v) is 13.0. The van der Waals surface area contributed by atoms with Crippen molar-refractivity contribution < 1.29 is 13.6 Å². The average molecular weight is 318 g/mol. The largest absolute Gasteiger partial charge is 0.336 e. The highest BCUT2D eigenvalue weighted by molar-refractivity contribution is 5.94. The van der Waals surface area contributed by atoms with E-state index >= 15 is 0 Å². The van der Waals surface area contributed by atoms with Crippen LogP contribution in [0.3, 0.4) is 0 Å². The summed E-state index contributed by atoms with van der Waals surface area (Å²) >= 11 is 0. The second-order valence-corrected chi connectivity index (χ2v) is 6.17. The molecule has 1 atom stereocenters. The Labute approximate surface area is 132 Å². The molecule has 0 aliphatic rings. The molecule has 1 heterocycles. The molecule has 2 aromatic rings. The number of rotatable bonds is 3. The van der Waals surface area contributed by atoms with Gasteiger partial charge in [-0.05, 0) is 17.5 Å². The van der Waals surface area contributed by atoms with E-state index < -0.39 is 29.0 Å². The van der Waals surface area contributed by atoms with Crippen LogP contribution in [0, 0.1) is 28.4 Å². The molecule has 1 amide bonds. The van der Waals surface area contributed by atoms with Crippen LogP contribution in [0.15, 0.2) is 30.6 Å². The quantitative estimate of drug-likeness (QED) is 0.946. The molecule has 1 aromatic carbocycles. The van der Waals surface area contributed by atoms with Gasteiger partial charge < -0.3 is 5.32 Å². The number of benzene rings is 1. The lowest BCUT2D eigenvalue weighted by atomic mass is 9.87. The highest BCUT2D eigenvalue weighted by Crippen LogP contribution is 2.19. The van der Waals surface area contributed by atoms with Gasteiger partial charge in [-0.3, -0.25) is 4.79 Å². The lowest BCUT2D eigenvalue weighted by Crippen LogP contribution is -2.42. The predicted octanol–water partition coefficient (Wildman–Crippen LogP) is 2.82. The number of nitriles is 1. The Morgan fingerprint density at radius 2 is 2.09 bits per heavy atom. The van der Waals surface area contributed by atoms with Gasteiger partial charge >= 0.3 is 0 Å². The molecule has 0 radical (unpaired) electrons. The van der Waals surface area contributed by atoms with Gasteiger partial charge in [-0.25, -0.2) is 13.5 Å². The van der Waals surface area contributed by atoms with Gasteiger partial charge in [0, 0.05) is 12.3 Å². The Kier molecular flexibility index (Phi) is 4.45. The van der Waals surface area contributed by atoms with E-state index in [1.165, 1.54) is 18.5 Å². The van der Waals surface area contributed by atoms with Gasteiger partial charge in [-0.2, -0.15) is 10.4 Å². The molecule has 0 aliphatic heterocycles. The predicted molar refractivity (Wildman–Crippen MR) is 79.8 cm³/mol. The standard InChI is InChI=1S/C16H16F2N4O/c1-16(2,3)14(7-19)21-15(23)10-8-20-22(9-10)13-5-4-11(17)6-12(13)18/h4-6,8-9,14H,1-3H3,(H,21,23). The number of aromatic nitrogens is 2. The van der Waals surface area contributed by atoms with Gasteiger partial charge in [0.25, 0.3) is 5.91 Å². The van der Waals surface area contributed by atoms with E-state index in [0.717, 1.165) is 16.8 Å². The molecule has 0 bridgehead atoms. The van der Waals surface area contributed by atoms with Crippen LogP contribution in [0.4, 0.5) is 8.78 Å². The van der Waals surface area contributed by atoms with Gasteiger partial charge in [0.2, 0.25) is 0 Å². The SMILES string of the molecule is CC(C)(C)C(C#N)NC(=O)c1cnn(-c2ccc(F)cc2F)c1. The van der Waals surface area contributed by atoms with Crippen molar-refractivity contribution in [3.8, 4) is 11.8 Å². The highest BCUT2D eigenvalue weighted by atomic mass is 19.1.